The smallest absolute Gasteiger partial charge is 0.163 e. The van der Waals surface area contributed by atoms with Crippen molar-refractivity contribution in [2.24, 2.45) is 5.84 Å². The van der Waals surface area contributed by atoms with Crippen molar-refractivity contribution < 1.29 is 13.5 Å². The van der Waals surface area contributed by atoms with Gasteiger partial charge in [0.05, 0.1) is 12.6 Å². The molecular weight excluding hydrogens is 274 g/mol. The summed E-state index contributed by atoms with van der Waals surface area (Å²) in [6.07, 6.45) is 0.421. The summed E-state index contributed by atoms with van der Waals surface area (Å²) in [4.78, 5) is 0. The lowest BCUT2D eigenvalue weighted by molar-refractivity contribution is 0.284. The van der Waals surface area contributed by atoms with Crippen molar-refractivity contribution >= 4 is 0 Å². The Morgan fingerprint density at radius 2 is 1.95 bits per heavy atom. The van der Waals surface area contributed by atoms with Crippen molar-refractivity contribution in [3.8, 4) is 5.75 Å². The van der Waals surface area contributed by atoms with E-state index in [0.717, 1.165) is 17.4 Å². The van der Waals surface area contributed by atoms with Gasteiger partial charge in [-0.25, -0.2) is 8.78 Å². The zero-order valence-electron chi connectivity index (χ0n) is 11.8. The highest BCUT2D eigenvalue weighted by molar-refractivity contribution is 5.27. The number of nitrogens with two attached hydrogens (primary N) is 1. The summed E-state index contributed by atoms with van der Waals surface area (Å²) in [5.74, 6) is 4.41. The van der Waals surface area contributed by atoms with E-state index in [0.29, 0.717) is 13.0 Å². The van der Waals surface area contributed by atoms with Crippen LogP contribution in [0.5, 0.6) is 5.75 Å². The minimum Gasteiger partial charge on any atom is -0.494 e. The molecule has 0 aromatic heterocycles. The van der Waals surface area contributed by atoms with Crippen molar-refractivity contribution in [3.63, 3.8) is 0 Å². The van der Waals surface area contributed by atoms with Gasteiger partial charge in [-0.1, -0.05) is 24.3 Å². The zero-order chi connectivity index (χ0) is 15.2. The number of hydrazine groups is 1. The molecule has 2 rings (SSSR count). The normalized spacial score (nSPS) is 12.2. The molecule has 1 unspecified atom stereocenters. The molecular formula is C16H18F2N2O. The third kappa shape index (κ3) is 4.00. The van der Waals surface area contributed by atoms with Crippen LogP contribution in [0.2, 0.25) is 0 Å². The second kappa shape index (κ2) is 7.15. The van der Waals surface area contributed by atoms with Crippen LogP contribution < -0.4 is 16.0 Å². The Labute approximate surface area is 122 Å². The number of benzene rings is 2. The van der Waals surface area contributed by atoms with E-state index in [-0.39, 0.29) is 5.56 Å². The Kier molecular flexibility index (Phi) is 5.25. The first-order chi connectivity index (χ1) is 10.1. The Morgan fingerprint density at radius 3 is 2.67 bits per heavy atom. The van der Waals surface area contributed by atoms with Crippen LogP contribution in [0.4, 0.5) is 8.78 Å². The predicted octanol–water partition coefficient (Wildman–Crippen LogP) is 3.25. The molecule has 3 nitrogen and oxygen atoms in total. The highest BCUT2D eigenvalue weighted by atomic mass is 19.2. The number of rotatable bonds is 6. The first-order valence-corrected chi connectivity index (χ1v) is 6.71. The molecule has 0 aliphatic rings. The van der Waals surface area contributed by atoms with Crippen molar-refractivity contribution in [2.45, 2.75) is 19.4 Å². The van der Waals surface area contributed by atoms with Gasteiger partial charge in [0.25, 0.3) is 0 Å². The van der Waals surface area contributed by atoms with E-state index >= 15 is 0 Å². The lowest BCUT2D eigenvalue weighted by atomic mass is 10.0. The largest absolute Gasteiger partial charge is 0.494 e. The number of aryl methyl sites for hydroxylation is 1. The zero-order valence-corrected chi connectivity index (χ0v) is 11.8. The number of nitrogens with one attached hydrogen (secondary N) is 1. The summed E-state index contributed by atoms with van der Waals surface area (Å²) < 4.78 is 32.6. The number of hydrogen-bond acceptors (Lipinski definition) is 3. The summed E-state index contributed by atoms with van der Waals surface area (Å²) in [7, 11) is 0. The van der Waals surface area contributed by atoms with Gasteiger partial charge in [0.1, 0.15) is 5.75 Å². The molecule has 1 atom stereocenters. The summed E-state index contributed by atoms with van der Waals surface area (Å²) >= 11 is 0. The molecule has 0 saturated heterocycles. The molecule has 0 radical (unpaired) electrons. The molecule has 112 valence electrons. The Balaban J connectivity index is 1.98. The molecule has 0 fully saturated rings. The third-order valence-electron chi connectivity index (χ3n) is 3.22. The van der Waals surface area contributed by atoms with Crippen LogP contribution in [0.25, 0.3) is 0 Å². The number of hydrogen-bond donors (Lipinski definition) is 2. The van der Waals surface area contributed by atoms with E-state index in [1.165, 1.54) is 12.1 Å². The van der Waals surface area contributed by atoms with Crippen LogP contribution in [-0.2, 0) is 0 Å². The van der Waals surface area contributed by atoms with Gasteiger partial charge in [-0.3, -0.25) is 11.3 Å². The Bertz CT molecular complexity index is 605. The first-order valence-electron chi connectivity index (χ1n) is 6.71. The van der Waals surface area contributed by atoms with Gasteiger partial charge in [-0.2, -0.15) is 0 Å². The molecule has 0 aliphatic heterocycles. The lowest BCUT2D eigenvalue weighted by Gasteiger charge is -2.17. The fourth-order valence-electron chi connectivity index (χ4n) is 2.12. The summed E-state index contributed by atoms with van der Waals surface area (Å²) in [5, 5.41) is 0. The molecule has 21 heavy (non-hydrogen) atoms. The van der Waals surface area contributed by atoms with E-state index in [9.17, 15) is 8.78 Å². The SMILES string of the molecule is Cc1cccc(OCCC(NN)c2cccc(F)c2F)c1. The second-order valence-corrected chi connectivity index (χ2v) is 4.82. The van der Waals surface area contributed by atoms with Crippen LogP contribution in [-0.4, -0.2) is 6.61 Å². The molecule has 2 aromatic rings. The average molecular weight is 292 g/mol. The van der Waals surface area contributed by atoms with Crippen molar-refractivity contribution in [3.05, 3.63) is 65.2 Å². The molecule has 0 heterocycles. The molecule has 2 aromatic carbocycles. The maximum Gasteiger partial charge on any atom is 0.163 e. The quantitative estimate of drug-likeness (QED) is 0.634. The highest BCUT2D eigenvalue weighted by Crippen LogP contribution is 2.22. The third-order valence-corrected chi connectivity index (χ3v) is 3.22. The van der Waals surface area contributed by atoms with Gasteiger partial charge in [0.15, 0.2) is 11.6 Å². The minimum absolute atomic E-state index is 0.199. The Hall–Kier alpha value is -1.98. The van der Waals surface area contributed by atoms with E-state index in [2.05, 4.69) is 5.43 Å². The van der Waals surface area contributed by atoms with Crippen LogP contribution >= 0.6 is 0 Å². The fourth-order valence-corrected chi connectivity index (χ4v) is 2.12. The number of halogens is 2. The second-order valence-electron chi connectivity index (χ2n) is 4.82. The fraction of sp³-hybridized carbons (Fsp3) is 0.250. The topological polar surface area (TPSA) is 47.3 Å². The summed E-state index contributed by atoms with van der Waals surface area (Å²) in [5.41, 5.74) is 3.79. The van der Waals surface area contributed by atoms with Crippen LogP contribution in [0, 0.1) is 18.6 Å². The van der Waals surface area contributed by atoms with Gasteiger partial charge in [-0.05, 0) is 30.7 Å². The van der Waals surface area contributed by atoms with Crippen LogP contribution in [0.1, 0.15) is 23.6 Å². The summed E-state index contributed by atoms with van der Waals surface area (Å²) in [6.45, 7) is 2.31. The highest BCUT2D eigenvalue weighted by Gasteiger charge is 2.17. The minimum atomic E-state index is -0.882. The maximum atomic E-state index is 13.7. The standard InChI is InChI=1S/C16H18F2N2O/c1-11-4-2-5-12(10-11)21-9-8-15(20-19)13-6-3-7-14(17)16(13)18/h2-7,10,15,20H,8-9,19H2,1H3. The lowest BCUT2D eigenvalue weighted by Crippen LogP contribution is -2.30. The molecule has 0 aliphatic carbocycles. The molecule has 0 saturated carbocycles. The van der Waals surface area contributed by atoms with Crippen molar-refractivity contribution in [1.29, 1.82) is 0 Å². The Morgan fingerprint density at radius 1 is 1.19 bits per heavy atom. The monoisotopic (exact) mass is 292 g/mol. The van der Waals surface area contributed by atoms with E-state index < -0.39 is 17.7 Å². The van der Waals surface area contributed by atoms with E-state index in [1.54, 1.807) is 0 Å². The van der Waals surface area contributed by atoms with Gasteiger partial charge < -0.3 is 4.74 Å². The average Bonchev–Trinajstić information content (AvgIpc) is 2.47. The van der Waals surface area contributed by atoms with Gasteiger partial charge in [-0.15, -0.1) is 0 Å². The van der Waals surface area contributed by atoms with Crippen LogP contribution in [0.15, 0.2) is 42.5 Å². The van der Waals surface area contributed by atoms with Gasteiger partial charge >= 0.3 is 0 Å². The van der Waals surface area contributed by atoms with Gasteiger partial charge in [0, 0.05) is 12.0 Å². The summed E-state index contributed by atoms with van der Waals surface area (Å²) in [6, 6.07) is 11.2. The first kappa shape index (κ1) is 15.4. The maximum absolute atomic E-state index is 13.7. The van der Waals surface area contributed by atoms with Crippen molar-refractivity contribution in [2.75, 3.05) is 6.61 Å². The number of ether oxygens (including phenoxy) is 1. The van der Waals surface area contributed by atoms with Crippen molar-refractivity contribution in [1.82, 2.24) is 5.43 Å². The molecule has 0 spiro atoms. The molecule has 3 N–H and O–H groups in total. The molecule has 0 bridgehead atoms. The van der Waals surface area contributed by atoms with E-state index in [1.807, 2.05) is 31.2 Å². The molecule has 5 heteroatoms. The van der Waals surface area contributed by atoms with Crippen LogP contribution in [0.3, 0.4) is 0 Å². The van der Waals surface area contributed by atoms with Gasteiger partial charge in [0.2, 0.25) is 0 Å². The predicted molar refractivity (Wildman–Crippen MR) is 77.7 cm³/mol. The van der Waals surface area contributed by atoms with E-state index in [4.69, 9.17) is 10.6 Å². The molecule has 0 amide bonds.